The van der Waals surface area contributed by atoms with E-state index < -0.39 is 0 Å². The number of hydrogen-bond acceptors (Lipinski definition) is 3. The van der Waals surface area contributed by atoms with Crippen LogP contribution in [-0.4, -0.2) is 24.8 Å². The molecular weight excluding hydrogens is 410 g/mol. The van der Waals surface area contributed by atoms with Crippen LogP contribution in [0.2, 0.25) is 5.02 Å². The van der Waals surface area contributed by atoms with E-state index in [0.717, 1.165) is 31.3 Å². The number of carbonyl (C=O) groups is 1. The lowest BCUT2D eigenvalue weighted by Gasteiger charge is -2.10. The Morgan fingerprint density at radius 2 is 1.83 bits per heavy atom. The van der Waals surface area contributed by atoms with E-state index in [0.29, 0.717) is 12.3 Å². The first kappa shape index (κ1) is 19.2. The van der Waals surface area contributed by atoms with Gasteiger partial charge in [-0.3, -0.25) is 4.79 Å². The van der Waals surface area contributed by atoms with Gasteiger partial charge < -0.3 is 10.1 Å². The molecule has 0 unspecified atom stereocenters. The average Bonchev–Trinajstić information content (AvgIpc) is 2.56. The summed E-state index contributed by atoms with van der Waals surface area (Å²) in [5, 5.41) is 3.58. The molecule has 128 valence electrons. The van der Waals surface area contributed by atoms with Crippen LogP contribution in [0.1, 0.15) is 11.1 Å². The van der Waals surface area contributed by atoms with Gasteiger partial charge in [0.05, 0.1) is 0 Å². The van der Waals surface area contributed by atoms with Gasteiger partial charge in [-0.15, -0.1) is 11.8 Å². The Balaban J connectivity index is 1.69. The number of ether oxygens (including phenoxy) is 1. The highest BCUT2D eigenvalue weighted by Gasteiger charge is 2.06. The first-order valence-corrected chi connectivity index (χ1v) is 9.66. The molecule has 2 aromatic carbocycles. The predicted molar refractivity (Wildman–Crippen MR) is 104 cm³/mol. The van der Waals surface area contributed by atoms with Gasteiger partial charge in [0.15, 0.2) is 6.61 Å². The van der Waals surface area contributed by atoms with Gasteiger partial charge in [-0.1, -0.05) is 27.5 Å². The van der Waals surface area contributed by atoms with Crippen molar-refractivity contribution in [3.05, 3.63) is 57.0 Å². The molecule has 6 heteroatoms. The fourth-order valence-corrected chi connectivity index (χ4v) is 3.20. The van der Waals surface area contributed by atoms with Crippen molar-refractivity contribution in [1.82, 2.24) is 5.32 Å². The zero-order valence-electron chi connectivity index (χ0n) is 13.6. The Labute approximate surface area is 160 Å². The van der Waals surface area contributed by atoms with E-state index in [1.165, 1.54) is 0 Å². The number of rotatable bonds is 7. The molecule has 0 atom stereocenters. The van der Waals surface area contributed by atoms with Gasteiger partial charge in [0.25, 0.3) is 5.91 Å². The van der Waals surface area contributed by atoms with Gasteiger partial charge in [0, 0.05) is 26.7 Å². The third-order valence-electron chi connectivity index (χ3n) is 3.29. The van der Waals surface area contributed by atoms with Crippen LogP contribution in [-0.2, 0) is 4.79 Å². The Hall–Kier alpha value is -1.17. The summed E-state index contributed by atoms with van der Waals surface area (Å²) in [6, 6.07) is 11.5. The van der Waals surface area contributed by atoms with Crippen molar-refractivity contribution in [2.24, 2.45) is 0 Å². The first-order valence-electron chi connectivity index (χ1n) is 7.50. The molecule has 0 fully saturated rings. The number of amides is 1. The molecule has 0 aromatic heterocycles. The summed E-state index contributed by atoms with van der Waals surface area (Å²) in [6.07, 6.45) is 0. The van der Waals surface area contributed by atoms with E-state index in [1.54, 1.807) is 11.8 Å². The predicted octanol–water partition coefficient (Wildman–Crippen LogP) is 5.01. The Kier molecular flexibility index (Phi) is 7.46. The number of benzene rings is 2. The molecule has 0 bridgehead atoms. The second-order valence-electron chi connectivity index (χ2n) is 5.31. The van der Waals surface area contributed by atoms with Crippen LogP contribution < -0.4 is 10.1 Å². The van der Waals surface area contributed by atoms with Crippen LogP contribution in [0.25, 0.3) is 0 Å². The summed E-state index contributed by atoms with van der Waals surface area (Å²) >= 11 is 11.0. The lowest BCUT2D eigenvalue weighted by Crippen LogP contribution is -2.30. The molecule has 24 heavy (non-hydrogen) atoms. The minimum Gasteiger partial charge on any atom is -0.484 e. The van der Waals surface area contributed by atoms with E-state index in [1.807, 2.05) is 50.2 Å². The molecule has 2 aromatic rings. The smallest absolute Gasteiger partial charge is 0.257 e. The van der Waals surface area contributed by atoms with Crippen molar-refractivity contribution in [2.75, 3.05) is 18.9 Å². The number of nitrogens with one attached hydrogen (secondary N) is 1. The van der Waals surface area contributed by atoms with Crippen molar-refractivity contribution >= 4 is 45.2 Å². The lowest BCUT2D eigenvalue weighted by atomic mass is 10.1. The topological polar surface area (TPSA) is 38.3 Å². The highest BCUT2D eigenvalue weighted by Crippen LogP contribution is 2.26. The third-order valence-corrected chi connectivity index (χ3v) is 5.80. The standard InChI is InChI=1S/C18H19BrClNO2S/c1-12-9-15(10-13(2)18(12)19)23-11-17(22)21-7-8-24-16-5-3-14(20)4-6-16/h3-6,9-10H,7-8,11H2,1-2H3,(H,21,22). The molecule has 0 radical (unpaired) electrons. The number of hydrogen-bond donors (Lipinski definition) is 1. The number of halogens is 2. The second-order valence-corrected chi connectivity index (χ2v) is 7.71. The molecule has 1 N–H and O–H groups in total. The fourth-order valence-electron chi connectivity index (χ4n) is 2.08. The molecule has 2 rings (SSSR count). The van der Waals surface area contributed by atoms with Crippen LogP contribution >= 0.6 is 39.3 Å². The van der Waals surface area contributed by atoms with Crippen molar-refractivity contribution in [3.63, 3.8) is 0 Å². The highest BCUT2D eigenvalue weighted by molar-refractivity contribution is 9.10. The third kappa shape index (κ3) is 6.04. The summed E-state index contributed by atoms with van der Waals surface area (Å²) < 4.78 is 6.63. The Morgan fingerprint density at radius 3 is 2.46 bits per heavy atom. The van der Waals surface area contributed by atoms with Crippen LogP contribution in [0.4, 0.5) is 0 Å². The van der Waals surface area contributed by atoms with Gasteiger partial charge in [0.1, 0.15) is 5.75 Å². The molecule has 3 nitrogen and oxygen atoms in total. The molecule has 0 saturated heterocycles. The fraction of sp³-hybridized carbons (Fsp3) is 0.278. The molecule has 1 amide bonds. The van der Waals surface area contributed by atoms with Crippen molar-refractivity contribution < 1.29 is 9.53 Å². The number of carbonyl (C=O) groups excluding carboxylic acids is 1. The first-order chi connectivity index (χ1) is 11.5. The minimum absolute atomic E-state index is 0.0200. The summed E-state index contributed by atoms with van der Waals surface area (Å²) in [4.78, 5) is 13.0. The Morgan fingerprint density at radius 1 is 1.21 bits per heavy atom. The largest absolute Gasteiger partial charge is 0.484 e. The maximum atomic E-state index is 11.8. The molecule has 0 heterocycles. The molecule has 0 spiro atoms. The van der Waals surface area contributed by atoms with Gasteiger partial charge in [-0.2, -0.15) is 0 Å². The number of thioether (sulfide) groups is 1. The summed E-state index contributed by atoms with van der Waals surface area (Å²) in [5.74, 6) is 1.38. The van der Waals surface area contributed by atoms with E-state index in [-0.39, 0.29) is 12.5 Å². The zero-order chi connectivity index (χ0) is 17.5. The normalized spacial score (nSPS) is 10.5. The average molecular weight is 429 g/mol. The maximum Gasteiger partial charge on any atom is 0.257 e. The molecule has 0 aliphatic heterocycles. The number of aryl methyl sites for hydroxylation is 2. The Bertz CT molecular complexity index is 684. The van der Waals surface area contributed by atoms with Gasteiger partial charge in [-0.25, -0.2) is 0 Å². The monoisotopic (exact) mass is 427 g/mol. The van der Waals surface area contributed by atoms with Crippen LogP contribution in [0.15, 0.2) is 45.8 Å². The maximum absolute atomic E-state index is 11.8. The quantitative estimate of drug-likeness (QED) is 0.498. The molecular formula is C18H19BrClNO2S. The zero-order valence-corrected chi connectivity index (χ0v) is 16.7. The van der Waals surface area contributed by atoms with Gasteiger partial charge in [0.2, 0.25) is 0 Å². The van der Waals surface area contributed by atoms with E-state index >= 15 is 0 Å². The SMILES string of the molecule is Cc1cc(OCC(=O)NCCSc2ccc(Cl)cc2)cc(C)c1Br. The molecule has 0 aliphatic carbocycles. The van der Waals surface area contributed by atoms with Crippen LogP contribution in [0.5, 0.6) is 5.75 Å². The summed E-state index contributed by atoms with van der Waals surface area (Å²) in [6.45, 7) is 4.61. The summed E-state index contributed by atoms with van der Waals surface area (Å²) in [7, 11) is 0. The minimum atomic E-state index is -0.120. The van der Waals surface area contributed by atoms with Crippen molar-refractivity contribution in [3.8, 4) is 5.75 Å². The highest BCUT2D eigenvalue weighted by atomic mass is 79.9. The van der Waals surface area contributed by atoms with E-state index in [9.17, 15) is 4.79 Å². The van der Waals surface area contributed by atoms with E-state index in [2.05, 4.69) is 21.2 Å². The molecule has 0 saturated carbocycles. The van der Waals surface area contributed by atoms with Gasteiger partial charge >= 0.3 is 0 Å². The van der Waals surface area contributed by atoms with E-state index in [4.69, 9.17) is 16.3 Å². The van der Waals surface area contributed by atoms with Gasteiger partial charge in [-0.05, 0) is 61.4 Å². The second kappa shape index (κ2) is 9.35. The summed E-state index contributed by atoms with van der Waals surface area (Å²) in [5.41, 5.74) is 2.18. The van der Waals surface area contributed by atoms with Crippen LogP contribution in [0, 0.1) is 13.8 Å². The van der Waals surface area contributed by atoms with Crippen molar-refractivity contribution in [2.45, 2.75) is 18.7 Å². The molecule has 0 aliphatic rings. The van der Waals surface area contributed by atoms with Crippen molar-refractivity contribution in [1.29, 1.82) is 0 Å². The van der Waals surface area contributed by atoms with Crippen LogP contribution in [0.3, 0.4) is 0 Å². The lowest BCUT2D eigenvalue weighted by molar-refractivity contribution is -0.122.